The molecule has 2 N–H and O–H groups in total. The quantitative estimate of drug-likeness (QED) is 0.834. The first-order valence-corrected chi connectivity index (χ1v) is 6.41. The third-order valence-electron chi connectivity index (χ3n) is 3.18. The Morgan fingerprint density at radius 2 is 2.10 bits per heavy atom. The lowest BCUT2D eigenvalue weighted by Crippen LogP contribution is -2.30. The van der Waals surface area contributed by atoms with Crippen molar-refractivity contribution in [3.05, 3.63) is 28.7 Å². The molecule has 1 saturated heterocycles. The van der Waals surface area contributed by atoms with E-state index in [9.17, 15) is 14.4 Å². The zero-order valence-corrected chi connectivity index (χ0v) is 11.0. The number of aliphatic carboxylic acids is 1. The molecule has 1 fully saturated rings. The molecule has 1 amide bonds. The Labute approximate surface area is 115 Å². The van der Waals surface area contributed by atoms with E-state index in [-0.39, 0.29) is 5.56 Å². The smallest absolute Gasteiger partial charge is 0.332 e. The molecule has 1 aromatic heterocycles. The van der Waals surface area contributed by atoms with E-state index in [0.717, 1.165) is 0 Å². The number of carboxylic acid groups (broad SMARTS) is 1. The molecular formula is C13H16N2O5. The lowest BCUT2D eigenvalue weighted by Gasteiger charge is -2.12. The van der Waals surface area contributed by atoms with Crippen LogP contribution in [-0.2, 0) is 20.9 Å². The standard InChI is InChI=1S/C13H16N2O5/c1-2-15-7-8(3-6-11(15)16)14-12(17)9-4-5-10(20-9)13(18)19/h3,6-7,9-10H,2,4-5H2,1H3,(H,14,17)(H,18,19). The molecule has 108 valence electrons. The van der Waals surface area contributed by atoms with Gasteiger partial charge in [0.2, 0.25) is 0 Å². The fraction of sp³-hybridized carbons (Fsp3) is 0.462. The van der Waals surface area contributed by atoms with Crippen molar-refractivity contribution in [2.24, 2.45) is 0 Å². The van der Waals surface area contributed by atoms with E-state index in [1.165, 1.54) is 16.7 Å². The number of nitrogens with zero attached hydrogens (tertiary/aromatic N) is 1. The first-order chi connectivity index (χ1) is 9.51. The maximum absolute atomic E-state index is 12.0. The molecule has 2 unspecified atom stereocenters. The van der Waals surface area contributed by atoms with Crippen LogP contribution in [0.4, 0.5) is 5.69 Å². The summed E-state index contributed by atoms with van der Waals surface area (Å²) in [6.07, 6.45) is 0.551. The number of amides is 1. The molecule has 0 aliphatic carbocycles. The van der Waals surface area contributed by atoms with Crippen molar-refractivity contribution in [1.29, 1.82) is 0 Å². The zero-order chi connectivity index (χ0) is 14.7. The molecule has 7 heteroatoms. The van der Waals surface area contributed by atoms with Crippen LogP contribution in [-0.4, -0.2) is 33.8 Å². The van der Waals surface area contributed by atoms with Gasteiger partial charge in [-0.05, 0) is 25.8 Å². The normalized spacial score (nSPS) is 21.6. The van der Waals surface area contributed by atoms with Crippen molar-refractivity contribution in [2.75, 3.05) is 5.32 Å². The minimum atomic E-state index is -1.06. The van der Waals surface area contributed by atoms with Crippen LogP contribution in [0, 0.1) is 0 Å². The highest BCUT2D eigenvalue weighted by Gasteiger charge is 2.34. The second-order valence-electron chi connectivity index (χ2n) is 4.56. The van der Waals surface area contributed by atoms with Crippen LogP contribution < -0.4 is 10.9 Å². The fourth-order valence-corrected chi connectivity index (χ4v) is 2.09. The van der Waals surface area contributed by atoms with E-state index >= 15 is 0 Å². The average molecular weight is 280 g/mol. The van der Waals surface area contributed by atoms with Crippen LogP contribution in [0.25, 0.3) is 0 Å². The topological polar surface area (TPSA) is 97.6 Å². The summed E-state index contributed by atoms with van der Waals surface area (Å²) in [5.74, 6) is -1.45. The molecule has 1 aliphatic heterocycles. The van der Waals surface area contributed by atoms with E-state index in [1.54, 1.807) is 6.20 Å². The molecule has 0 saturated carbocycles. The maximum atomic E-state index is 12.0. The summed E-state index contributed by atoms with van der Waals surface area (Å²) in [5, 5.41) is 11.4. The van der Waals surface area contributed by atoms with Crippen molar-refractivity contribution in [2.45, 2.75) is 38.5 Å². The van der Waals surface area contributed by atoms with E-state index in [0.29, 0.717) is 25.1 Å². The Bertz CT molecular complexity index is 580. The van der Waals surface area contributed by atoms with Crippen LogP contribution in [0.1, 0.15) is 19.8 Å². The highest BCUT2D eigenvalue weighted by Crippen LogP contribution is 2.21. The molecule has 20 heavy (non-hydrogen) atoms. The zero-order valence-electron chi connectivity index (χ0n) is 11.0. The summed E-state index contributed by atoms with van der Waals surface area (Å²) >= 11 is 0. The molecule has 2 atom stereocenters. The predicted molar refractivity (Wildman–Crippen MR) is 70.5 cm³/mol. The Balaban J connectivity index is 2.02. The number of carbonyl (C=O) groups is 2. The van der Waals surface area contributed by atoms with Gasteiger partial charge in [0.15, 0.2) is 6.10 Å². The van der Waals surface area contributed by atoms with Gasteiger partial charge in [-0.1, -0.05) is 0 Å². The summed E-state index contributed by atoms with van der Waals surface area (Å²) in [7, 11) is 0. The molecule has 1 aliphatic rings. The average Bonchev–Trinajstić information content (AvgIpc) is 2.91. The number of hydrogen-bond acceptors (Lipinski definition) is 4. The number of carbonyl (C=O) groups excluding carboxylic acids is 1. The van der Waals surface area contributed by atoms with Gasteiger partial charge < -0.3 is 19.7 Å². The third kappa shape index (κ3) is 3.05. The van der Waals surface area contributed by atoms with Gasteiger partial charge >= 0.3 is 5.97 Å². The highest BCUT2D eigenvalue weighted by molar-refractivity contribution is 5.94. The number of rotatable bonds is 4. The molecule has 0 spiro atoms. The Morgan fingerprint density at radius 3 is 2.70 bits per heavy atom. The summed E-state index contributed by atoms with van der Waals surface area (Å²) in [4.78, 5) is 34.1. The molecule has 0 radical (unpaired) electrons. The van der Waals surface area contributed by atoms with Crippen LogP contribution in [0.2, 0.25) is 0 Å². The summed E-state index contributed by atoms with van der Waals surface area (Å²) < 4.78 is 6.62. The fourth-order valence-electron chi connectivity index (χ4n) is 2.09. The van der Waals surface area contributed by atoms with Crippen molar-refractivity contribution >= 4 is 17.6 Å². The van der Waals surface area contributed by atoms with Crippen LogP contribution in [0.5, 0.6) is 0 Å². The van der Waals surface area contributed by atoms with E-state index in [2.05, 4.69) is 5.32 Å². The molecule has 7 nitrogen and oxygen atoms in total. The number of ether oxygens (including phenoxy) is 1. The first-order valence-electron chi connectivity index (χ1n) is 6.41. The SMILES string of the molecule is CCn1cc(NC(=O)C2CCC(C(=O)O)O2)ccc1=O. The summed E-state index contributed by atoms with van der Waals surface area (Å²) in [6.45, 7) is 2.33. The van der Waals surface area contributed by atoms with Crippen molar-refractivity contribution < 1.29 is 19.4 Å². The van der Waals surface area contributed by atoms with Crippen LogP contribution >= 0.6 is 0 Å². The van der Waals surface area contributed by atoms with E-state index in [1.807, 2.05) is 6.92 Å². The Kier molecular flexibility index (Phi) is 4.19. The number of aryl methyl sites for hydroxylation is 1. The minimum absolute atomic E-state index is 0.145. The molecule has 2 heterocycles. The Morgan fingerprint density at radius 1 is 1.40 bits per heavy atom. The van der Waals surface area contributed by atoms with Crippen LogP contribution in [0.15, 0.2) is 23.1 Å². The van der Waals surface area contributed by atoms with Gasteiger partial charge in [0.25, 0.3) is 11.5 Å². The number of anilines is 1. The number of hydrogen-bond donors (Lipinski definition) is 2. The number of carboxylic acids is 1. The molecule has 0 aromatic carbocycles. The number of pyridine rings is 1. The van der Waals surface area contributed by atoms with E-state index in [4.69, 9.17) is 9.84 Å². The molecule has 0 bridgehead atoms. The van der Waals surface area contributed by atoms with Gasteiger partial charge in [-0.25, -0.2) is 4.79 Å². The Hall–Kier alpha value is -2.15. The largest absolute Gasteiger partial charge is 0.479 e. The third-order valence-corrected chi connectivity index (χ3v) is 3.18. The summed E-state index contributed by atoms with van der Waals surface area (Å²) in [5.41, 5.74) is 0.340. The minimum Gasteiger partial charge on any atom is -0.479 e. The lowest BCUT2D eigenvalue weighted by molar-refractivity contribution is -0.150. The predicted octanol–water partition coefficient (Wildman–Crippen LogP) is 0.439. The maximum Gasteiger partial charge on any atom is 0.332 e. The number of nitrogens with one attached hydrogen (secondary N) is 1. The lowest BCUT2D eigenvalue weighted by atomic mass is 10.2. The molecule has 2 rings (SSSR count). The van der Waals surface area contributed by atoms with E-state index < -0.39 is 24.1 Å². The monoisotopic (exact) mass is 280 g/mol. The van der Waals surface area contributed by atoms with Gasteiger partial charge in [-0.3, -0.25) is 9.59 Å². The number of aromatic nitrogens is 1. The first kappa shape index (κ1) is 14.3. The highest BCUT2D eigenvalue weighted by atomic mass is 16.5. The van der Waals surface area contributed by atoms with Gasteiger partial charge in [-0.2, -0.15) is 0 Å². The van der Waals surface area contributed by atoms with Crippen molar-refractivity contribution in [3.8, 4) is 0 Å². The van der Waals surface area contributed by atoms with Gasteiger partial charge in [0, 0.05) is 18.8 Å². The van der Waals surface area contributed by atoms with Gasteiger partial charge in [-0.15, -0.1) is 0 Å². The van der Waals surface area contributed by atoms with Gasteiger partial charge in [0.1, 0.15) is 6.10 Å². The second-order valence-corrected chi connectivity index (χ2v) is 4.56. The molecular weight excluding hydrogens is 264 g/mol. The van der Waals surface area contributed by atoms with Crippen LogP contribution in [0.3, 0.4) is 0 Å². The summed E-state index contributed by atoms with van der Waals surface area (Å²) in [6, 6.07) is 2.88. The van der Waals surface area contributed by atoms with Crippen molar-refractivity contribution in [3.63, 3.8) is 0 Å². The molecule has 1 aromatic rings. The van der Waals surface area contributed by atoms with Crippen molar-refractivity contribution in [1.82, 2.24) is 4.57 Å². The van der Waals surface area contributed by atoms with Gasteiger partial charge in [0.05, 0.1) is 5.69 Å². The second kappa shape index (κ2) is 5.87.